The molecule has 0 aromatic heterocycles. The number of carbonyl (C=O) groups excluding carboxylic acids is 2. The van der Waals surface area contributed by atoms with Gasteiger partial charge in [-0.05, 0) is 56.7 Å². The van der Waals surface area contributed by atoms with Gasteiger partial charge in [0.15, 0.2) is 12.1 Å². The molecule has 19 atom stereocenters. The van der Waals surface area contributed by atoms with E-state index in [4.69, 9.17) is 23.6 Å². The average molecular weight is 1110 g/mol. The van der Waals surface area contributed by atoms with Crippen molar-refractivity contribution in [1.82, 2.24) is 5.32 Å². The molecule has 0 unspecified atom stereocenters. The first-order valence-electron chi connectivity index (χ1n) is 27.1. The fourth-order valence-corrected chi connectivity index (χ4v) is 10.0. The Hall–Kier alpha value is -4.89. The zero-order chi connectivity index (χ0) is 58.0. The fraction of sp³-hybridized carbons (Fsp3) is 0.596. The van der Waals surface area contributed by atoms with Crippen molar-refractivity contribution in [3.63, 3.8) is 0 Å². The molecular weight excluding hydrogens is 1030 g/mol. The van der Waals surface area contributed by atoms with E-state index in [1.165, 1.54) is 13.0 Å². The van der Waals surface area contributed by atoms with Gasteiger partial charge in [-0.1, -0.05) is 111 Å². The number of carboxylic acid groups (broad SMARTS) is 1. The number of allylic oxidation sites excluding steroid dienone is 12. The Balaban J connectivity index is 1.34. The second-order valence-corrected chi connectivity index (χ2v) is 21.3. The highest BCUT2D eigenvalue weighted by Crippen LogP contribution is 2.38. The second-order valence-electron chi connectivity index (χ2n) is 21.3. The van der Waals surface area contributed by atoms with E-state index in [-0.39, 0.29) is 38.0 Å². The van der Waals surface area contributed by atoms with Gasteiger partial charge in [0.05, 0.1) is 73.5 Å². The van der Waals surface area contributed by atoms with E-state index in [1.54, 1.807) is 98.9 Å². The number of rotatable bonds is 7. The number of carboxylic acids is 1. The number of cyclic esters (lactones) is 1. The molecule has 0 radical (unpaired) electrons. The van der Waals surface area contributed by atoms with Gasteiger partial charge >= 0.3 is 19.1 Å². The predicted molar refractivity (Wildman–Crippen MR) is 288 cm³/mol. The summed E-state index contributed by atoms with van der Waals surface area (Å²) in [5.41, 5.74) is 1.58. The molecule has 22 heteroatoms. The van der Waals surface area contributed by atoms with E-state index >= 15 is 0 Å². The van der Waals surface area contributed by atoms with Crippen LogP contribution >= 0.6 is 0 Å². The van der Waals surface area contributed by atoms with E-state index in [2.05, 4.69) is 5.32 Å². The van der Waals surface area contributed by atoms with Gasteiger partial charge in [-0.2, -0.15) is 0 Å². The largest absolute Gasteiger partial charge is 0.536 e. The van der Waals surface area contributed by atoms with Crippen LogP contribution in [0, 0.1) is 17.8 Å². The maximum atomic E-state index is 13.3. The van der Waals surface area contributed by atoms with Crippen LogP contribution in [-0.4, -0.2) is 184 Å². The predicted octanol–water partition coefficient (Wildman–Crippen LogP) is 1.46. The van der Waals surface area contributed by atoms with Crippen molar-refractivity contribution in [3.05, 3.63) is 114 Å². The molecule has 5 rings (SSSR count). The maximum absolute atomic E-state index is 13.3. The summed E-state index contributed by atoms with van der Waals surface area (Å²) < 4.78 is 29.1. The summed E-state index contributed by atoms with van der Waals surface area (Å²) in [7, 11) is -0.949. The SMILES string of the molecule is C[C@@H]1[C@H](O)[C@@H](C)/C=C/C=C/C=C/C=C/C=C/C=C/C=C/[C@H](O[C@@H]2O[C@H](C)[C@@H](O)[C@H](NC(=O)CCc3ccc4c(c3)OB(O)C4)[C@@H]2O)C[C@@H]2O[C@](O)(C[C@@H](O)C[C@@H](O)[C@H](O)CC[C@@H](O)C[C@@H](O)CC(=O)O[C@H]1C)C[C@H](O)[C@H]2C(=O)O. The number of nitrogens with one attached hydrogen (secondary N) is 1. The first-order chi connectivity index (χ1) is 37.4. The molecule has 2 saturated heterocycles. The molecule has 1 aromatic rings. The van der Waals surface area contributed by atoms with Crippen molar-refractivity contribution in [2.24, 2.45) is 17.8 Å². The van der Waals surface area contributed by atoms with Crippen LogP contribution < -0.4 is 9.97 Å². The number of ether oxygens (including phenoxy) is 4. The molecule has 13 N–H and O–H groups in total. The van der Waals surface area contributed by atoms with Crippen LogP contribution in [0.5, 0.6) is 5.75 Å². The Bertz CT molecular complexity index is 2320. The van der Waals surface area contributed by atoms with Crippen LogP contribution in [0.2, 0.25) is 0 Å². The molecule has 2 fully saturated rings. The average Bonchev–Trinajstić information content (AvgIpc) is 3.86. The summed E-state index contributed by atoms with van der Waals surface area (Å²) in [6.07, 6.45) is 2.33. The number of fused-ring (bicyclic) bond motifs is 3. The number of carbonyl (C=O) groups is 3. The van der Waals surface area contributed by atoms with Crippen molar-refractivity contribution in [1.29, 1.82) is 0 Å². The fourth-order valence-electron chi connectivity index (χ4n) is 10.0. The van der Waals surface area contributed by atoms with Crippen molar-refractivity contribution in [2.45, 2.75) is 196 Å². The number of hydrogen-bond donors (Lipinski definition) is 13. The highest BCUT2D eigenvalue weighted by Gasteiger charge is 2.51. The number of benzene rings is 1. The molecule has 2 bridgehead atoms. The first kappa shape index (κ1) is 64.9. The monoisotopic (exact) mass is 1110 g/mol. The van der Waals surface area contributed by atoms with Crippen LogP contribution in [0.25, 0.3) is 0 Å². The summed E-state index contributed by atoms with van der Waals surface area (Å²) in [5, 5.41) is 134. The van der Waals surface area contributed by atoms with Gasteiger partial charge in [-0.15, -0.1) is 0 Å². The van der Waals surface area contributed by atoms with E-state index in [0.717, 1.165) is 11.1 Å². The zero-order valence-electron chi connectivity index (χ0n) is 45.2. The Kier molecular flexibility index (Phi) is 25.8. The Morgan fingerprint density at radius 3 is 2.00 bits per heavy atom. The molecule has 21 nitrogen and oxygen atoms in total. The number of aryl methyl sites for hydroxylation is 1. The normalized spacial score (nSPS) is 40.0. The van der Waals surface area contributed by atoms with Crippen molar-refractivity contribution in [3.8, 4) is 5.75 Å². The number of esters is 1. The number of amides is 1. The molecule has 4 aliphatic rings. The molecule has 0 spiro atoms. The van der Waals surface area contributed by atoms with Crippen molar-refractivity contribution >= 4 is 25.0 Å². The highest BCUT2D eigenvalue weighted by atomic mass is 16.7. The van der Waals surface area contributed by atoms with E-state index in [9.17, 15) is 75.6 Å². The van der Waals surface area contributed by atoms with Crippen molar-refractivity contribution < 1.29 is 99.2 Å². The Labute approximate surface area is 461 Å². The van der Waals surface area contributed by atoms with Gasteiger partial charge in [0, 0.05) is 50.3 Å². The summed E-state index contributed by atoms with van der Waals surface area (Å²) in [4.78, 5) is 38.8. The number of hydrogen-bond acceptors (Lipinski definition) is 19. The molecule has 438 valence electrons. The topological polar surface area (TPSA) is 352 Å². The summed E-state index contributed by atoms with van der Waals surface area (Å²) >= 11 is 0. The molecular formula is C57H82BNO20. The third-order valence-electron chi connectivity index (χ3n) is 14.7. The zero-order valence-corrected chi connectivity index (χ0v) is 45.2. The lowest BCUT2D eigenvalue weighted by Gasteiger charge is -2.45. The molecule has 0 aliphatic carbocycles. The third-order valence-corrected chi connectivity index (χ3v) is 14.7. The molecule has 0 saturated carbocycles. The van der Waals surface area contributed by atoms with E-state index < -0.39 is 166 Å². The highest BCUT2D eigenvalue weighted by molar-refractivity contribution is 6.44. The third kappa shape index (κ3) is 20.6. The summed E-state index contributed by atoms with van der Waals surface area (Å²) in [6.45, 7) is 6.69. The van der Waals surface area contributed by atoms with Crippen LogP contribution in [0.15, 0.2) is 103 Å². The number of aliphatic hydroxyl groups is 10. The van der Waals surface area contributed by atoms with E-state index in [0.29, 0.717) is 12.1 Å². The summed E-state index contributed by atoms with van der Waals surface area (Å²) in [6, 6.07) is 4.05. The van der Waals surface area contributed by atoms with Gasteiger partial charge in [-0.3, -0.25) is 14.4 Å². The van der Waals surface area contributed by atoms with Gasteiger partial charge in [0.25, 0.3) is 0 Å². The smallest absolute Gasteiger partial charge is 0.527 e. The quantitative estimate of drug-likeness (QED) is 0.136. The van der Waals surface area contributed by atoms with Crippen LogP contribution in [0.1, 0.15) is 96.6 Å². The molecule has 4 heterocycles. The number of aliphatic carboxylic acids is 1. The van der Waals surface area contributed by atoms with Gasteiger partial charge in [0.1, 0.15) is 30.0 Å². The molecule has 1 amide bonds. The number of aliphatic hydroxyl groups excluding tert-OH is 9. The lowest BCUT2D eigenvalue weighted by Crippen LogP contribution is -2.64. The van der Waals surface area contributed by atoms with Crippen LogP contribution in [0.4, 0.5) is 0 Å². The van der Waals surface area contributed by atoms with Gasteiger partial charge in [0.2, 0.25) is 5.91 Å². The minimum Gasteiger partial charge on any atom is -0.536 e. The lowest BCUT2D eigenvalue weighted by molar-refractivity contribution is -0.309. The maximum Gasteiger partial charge on any atom is 0.527 e. The summed E-state index contributed by atoms with van der Waals surface area (Å²) in [5.74, 6) is -7.06. The molecule has 4 aliphatic heterocycles. The first-order valence-corrected chi connectivity index (χ1v) is 27.1. The Morgan fingerprint density at radius 1 is 0.722 bits per heavy atom. The van der Waals surface area contributed by atoms with Gasteiger partial charge in [-0.25, -0.2) is 0 Å². The van der Waals surface area contributed by atoms with Crippen LogP contribution in [-0.2, 0) is 46.1 Å². The van der Waals surface area contributed by atoms with Crippen LogP contribution in [0.3, 0.4) is 0 Å². The second kappa shape index (κ2) is 31.4. The minimum absolute atomic E-state index is 0.0516. The minimum atomic E-state index is -2.39. The van der Waals surface area contributed by atoms with Crippen molar-refractivity contribution in [2.75, 3.05) is 0 Å². The van der Waals surface area contributed by atoms with E-state index in [1.807, 2.05) is 19.1 Å². The van der Waals surface area contributed by atoms with Gasteiger partial charge < -0.3 is 90.1 Å². The standard InChI is InChI=1S/C57H82BNO20/c1-33-17-15-13-11-9-7-5-6-8-10-12-14-16-18-42(77-56-54(70)51(53(69)36(4)76-56)59-48(66)24-20-37-19-21-38-32-58(74)79-46(38)25-37)29-47-50(55(71)72)45(65)31-57(73,78-47)30-41(62)27-44(64)43(63)23-22-39(60)26-40(61)28-49(67)75-35(3)34(2)52(33)68/h5-19,21,25,33-36,39-45,47,50-54,56,60-65,68-70,73-74H,20,22-24,26-32H2,1-4H3,(H,59,66)(H,71,72)/b6-5+,9-7+,10-8+,13-11+,14-12+,17-15+,18-16+/t33-,34-,35-,36+,39+,40+,41-,42-,43+,44+,45-,47-,50+,51-,52+,53+,54-,56-,57+/m0/s1. The Morgan fingerprint density at radius 2 is 1.35 bits per heavy atom. The molecule has 1 aromatic carbocycles. The molecule has 79 heavy (non-hydrogen) atoms. The lowest BCUT2D eigenvalue weighted by atomic mass is 9.82.